The molecule has 34 heavy (non-hydrogen) atoms. The third-order valence-electron chi connectivity index (χ3n) is 4.76. The lowest BCUT2D eigenvalue weighted by molar-refractivity contribution is 0.0928. The van der Waals surface area contributed by atoms with Crippen LogP contribution in [0.5, 0.6) is 0 Å². The maximum Gasteiger partial charge on any atom is 0.270 e. The van der Waals surface area contributed by atoms with Crippen molar-refractivity contribution >= 4 is 35.0 Å². The fraction of sp³-hybridized carbons (Fsp3) is 0.217. The summed E-state index contributed by atoms with van der Waals surface area (Å²) in [5, 5.41) is 8.59. The van der Waals surface area contributed by atoms with Gasteiger partial charge in [-0.1, -0.05) is 25.4 Å². The van der Waals surface area contributed by atoms with Gasteiger partial charge in [0.25, 0.3) is 17.7 Å². The number of primary amides is 1. The highest BCUT2D eigenvalue weighted by atomic mass is 35.5. The van der Waals surface area contributed by atoms with Gasteiger partial charge >= 0.3 is 0 Å². The number of carbonyl (C=O) groups excluding carboxylic acids is 3. The lowest BCUT2D eigenvalue weighted by atomic mass is 10.2. The number of imidazole rings is 1. The molecule has 11 heteroatoms. The SMILES string of the molecule is CC(C)NCCNC(=O)c1c(C(N)=O)ncn1-c1ccc(NC(=O)c2ccc(F)cc2Cl)cc1. The molecular weight excluding hydrogens is 463 g/mol. The Balaban J connectivity index is 1.78. The van der Waals surface area contributed by atoms with Crippen molar-refractivity contribution in [2.24, 2.45) is 5.73 Å². The number of anilines is 1. The molecule has 178 valence electrons. The highest BCUT2D eigenvalue weighted by molar-refractivity contribution is 6.34. The van der Waals surface area contributed by atoms with E-state index in [0.717, 1.165) is 12.1 Å². The molecular formula is C23H24ClFN6O3. The normalized spacial score (nSPS) is 10.9. The number of hydrogen-bond acceptors (Lipinski definition) is 5. The molecule has 0 radical (unpaired) electrons. The summed E-state index contributed by atoms with van der Waals surface area (Å²) in [6.07, 6.45) is 1.33. The van der Waals surface area contributed by atoms with Crippen molar-refractivity contribution in [3.8, 4) is 5.69 Å². The maximum absolute atomic E-state index is 13.2. The molecule has 0 aliphatic heterocycles. The minimum Gasteiger partial charge on any atom is -0.364 e. The van der Waals surface area contributed by atoms with Crippen LogP contribution in [-0.2, 0) is 0 Å². The van der Waals surface area contributed by atoms with E-state index in [1.54, 1.807) is 24.3 Å². The highest BCUT2D eigenvalue weighted by Crippen LogP contribution is 2.21. The summed E-state index contributed by atoms with van der Waals surface area (Å²) in [7, 11) is 0. The van der Waals surface area contributed by atoms with E-state index in [2.05, 4.69) is 20.9 Å². The Morgan fingerprint density at radius 1 is 1.09 bits per heavy atom. The molecule has 3 aromatic rings. The number of nitrogens with one attached hydrogen (secondary N) is 3. The molecule has 0 aliphatic rings. The summed E-state index contributed by atoms with van der Waals surface area (Å²) in [6, 6.07) is 10.2. The second-order valence-electron chi connectivity index (χ2n) is 7.67. The molecule has 0 aliphatic carbocycles. The van der Waals surface area contributed by atoms with Gasteiger partial charge in [-0.25, -0.2) is 9.37 Å². The fourth-order valence-electron chi connectivity index (χ4n) is 3.14. The van der Waals surface area contributed by atoms with Crippen LogP contribution in [0, 0.1) is 5.82 Å². The first-order chi connectivity index (χ1) is 16.2. The molecule has 5 N–H and O–H groups in total. The van der Waals surface area contributed by atoms with Gasteiger partial charge in [0.1, 0.15) is 17.8 Å². The van der Waals surface area contributed by atoms with Crippen molar-refractivity contribution in [1.82, 2.24) is 20.2 Å². The number of nitrogens with two attached hydrogens (primary N) is 1. The van der Waals surface area contributed by atoms with Crippen LogP contribution in [0.1, 0.15) is 45.2 Å². The zero-order chi connectivity index (χ0) is 24.8. The summed E-state index contributed by atoms with van der Waals surface area (Å²) >= 11 is 5.94. The molecule has 0 unspecified atom stereocenters. The molecule has 0 fully saturated rings. The fourth-order valence-corrected chi connectivity index (χ4v) is 3.39. The highest BCUT2D eigenvalue weighted by Gasteiger charge is 2.23. The molecule has 0 bridgehead atoms. The summed E-state index contributed by atoms with van der Waals surface area (Å²) in [5.74, 6) is -2.38. The molecule has 9 nitrogen and oxygen atoms in total. The number of amides is 3. The first kappa shape index (κ1) is 24.9. The summed E-state index contributed by atoms with van der Waals surface area (Å²) in [5.41, 5.74) is 6.34. The molecule has 0 saturated heterocycles. The second-order valence-corrected chi connectivity index (χ2v) is 8.07. The number of aromatic nitrogens is 2. The van der Waals surface area contributed by atoms with Crippen molar-refractivity contribution in [1.29, 1.82) is 0 Å². The third-order valence-corrected chi connectivity index (χ3v) is 5.07. The average Bonchev–Trinajstić information content (AvgIpc) is 3.22. The Kier molecular flexibility index (Phi) is 7.98. The van der Waals surface area contributed by atoms with Gasteiger partial charge < -0.3 is 21.7 Å². The van der Waals surface area contributed by atoms with Gasteiger partial charge in [-0.3, -0.25) is 19.0 Å². The summed E-state index contributed by atoms with van der Waals surface area (Å²) in [4.78, 5) is 41.1. The number of nitrogens with zero attached hydrogens (tertiary/aromatic N) is 2. The van der Waals surface area contributed by atoms with Gasteiger partial charge in [0.15, 0.2) is 5.69 Å². The average molecular weight is 487 g/mol. The van der Waals surface area contributed by atoms with Crippen LogP contribution in [-0.4, -0.2) is 46.4 Å². The lowest BCUT2D eigenvalue weighted by Gasteiger charge is -2.12. The standard InChI is InChI=1S/C23H24ClFN6O3/c1-13(2)27-9-10-28-23(34)20-19(21(26)32)29-12-31(20)16-6-4-15(5-7-16)30-22(33)17-8-3-14(25)11-18(17)24/h3-8,11-13,27H,9-10H2,1-2H3,(H2,26,32)(H,28,34)(H,30,33). The van der Waals surface area contributed by atoms with Crippen LogP contribution in [0.2, 0.25) is 5.02 Å². The minimum atomic E-state index is -0.829. The van der Waals surface area contributed by atoms with Crippen molar-refractivity contribution in [3.05, 3.63) is 76.6 Å². The molecule has 2 aromatic carbocycles. The van der Waals surface area contributed by atoms with Crippen molar-refractivity contribution in [2.75, 3.05) is 18.4 Å². The van der Waals surface area contributed by atoms with E-state index in [9.17, 15) is 18.8 Å². The van der Waals surface area contributed by atoms with E-state index in [0.29, 0.717) is 24.5 Å². The van der Waals surface area contributed by atoms with Gasteiger partial charge in [0, 0.05) is 30.5 Å². The van der Waals surface area contributed by atoms with Crippen LogP contribution in [0.15, 0.2) is 48.8 Å². The number of benzene rings is 2. The van der Waals surface area contributed by atoms with Crippen LogP contribution in [0.25, 0.3) is 5.69 Å². The Hall–Kier alpha value is -3.76. The van der Waals surface area contributed by atoms with E-state index in [1.165, 1.54) is 17.0 Å². The van der Waals surface area contributed by atoms with Gasteiger partial charge in [-0.05, 0) is 42.5 Å². The predicted molar refractivity (Wildman–Crippen MR) is 127 cm³/mol. The molecule has 0 saturated carbocycles. The quantitative estimate of drug-likeness (QED) is 0.345. The topological polar surface area (TPSA) is 131 Å². The van der Waals surface area contributed by atoms with E-state index in [4.69, 9.17) is 17.3 Å². The van der Waals surface area contributed by atoms with Crippen LogP contribution < -0.4 is 21.7 Å². The van der Waals surface area contributed by atoms with Gasteiger partial charge in [0.05, 0.1) is 10.6 Å². The first-order valence-electron chi connectivity index (χ1n) is 10.4. The van der Waals surface area contributed by atoms with Crippen LogP contribution in [0.3, 0.4) is 0 Å². The third kappa shape index (κ3) is 5.97. The van der Waals surface area contributed by atoms with Gasteiger partial charge in [-0.15, -0.1) is 0 Å². The van der Waals surface area contributed by atoms with Crippen LogP contribution in [0.4, 0.5) is 10.1 Å². The van der Waals surface area contributed by atoms with Crippen molar-refractivity contribution in [2.45, 2.75) is 19.9 Å². The number of rotatable bonds is 9. The van der Waals surface area contributed by atoms with E-state index >= 15 is 0 Å². The Labute approximate surface area is 200 Å². The largest absolute Gasteiger partial charge is 0.364 e. The predicted octanol–water partition coefficient (Wildman–Crippen LogP) is 2.74. The van der Waals surface area contributed by atoms with Crippen molar-refractivity contribution < 1.29 is 18.8 Å². The Morgan fingerprint density at radius 3 is 2.41 bits per heavy atom. The first-order valence-corrected chi connectivity index (χ1v) is 10.8. The van der Waals surface area contributed by atoms with E-state index < -0.39 is 23.5 Å². The van der Waals surface area contributed by atoms with Crippen LogP contribution >= 0.6 is 11.6 Å². The lowest BCUT2D eigenvalue weighted by Crippen LogP contribution is -2.36. The zero-order valence-corrected chi connectivity index (χ0v) is 19.3. The molecule has 3 amide bonds. The number of carbonyl (C=O) groups is 3. The smallest absolute Gasteiger partial charge is 0.270 e. The van der Waals surface area contributed by atoms with E-state index in [1.807, 2.05) is 13.8 Å². The molecule has 1 heterocycles. The number of hydrogen-bond donors (Lipinski definition) is 4. The summed E-state index contributed by atoms with van der Waals surface area (Å²) in [6.45, 7) is 4.87. The van der Waals surface area contributed by atoms with Gasteiger partial charge in [-0.2, -0.15) is 0 Å². The second kappa shape index (κ2) is 10.9. The minimum absolute atomic E-state index is 0.00641. The number of halogens is 2. The Bertz CT molecular complexity index is 1210. The summed E-state index contributed by atoms with van der Waals surface area (Å²) < 4.78 is 14.7. The van der Waals surface area contributed by atoms with E-state index in [-0.39, 0.29) is 28.0 Å². The van der Waals surface area contributed by atoms with Crippen molar-refractivity contribution in [3.63, 3.8) is 0 Å². The molecule has 1 aromatic heterocycles. The van der Waals surface area contributed by atoms with Gasteiger partial charge in [0.2, 0.25) is 0 Å². The molecule has 0 spiro atoms. The zero-order valence-electron chi connectivity index (χ0n) is 18.6. The monoisotopic (exact) mass is 486 g/mol. The molecule has 0 atom stereocenters. The molecule has 3 rings (SSSR count). The maximum atomic E-state index is 13.2. The Morgan fingerprint density at radius 2 is 1.79 bits per heavy atom.